The van der Waals surface area contributed by atoms with Crippen LogP contribution >= 0.6 is 0 Å². The van der Waals surface area contributed by atoms with E-state index in [1.165, 1.54) is 0 Å². The van der Waals surface area contributed by atoms with Crippen molar-refractivity contribution in [1.29, 1.82) is 0 Å². The van der Waals surface area contributed by atoms with E-state index in [-0.39, 0.29) is 18.3 Å². The lowest BCUT2D eigenvalue weighted by molar-refractivity contribution is -0.0708. The first kappa shape index (κ1) is 11.9. The van der Waals surface area contributed by atoms with Crippen LogP contribution in [0, 0.1) is 0 Å². The van der Waals surface area contributed by atoms with Crippen LogP contribution < -0.4 is 0 Å². The molecule has 3 heteroatoms. The molecule has 0 fully saturated rings. The number of ether oxygens (including phenoxy) is 2. The lowest BCUT2D eigenvalue weighted by atomic mass is 10.2. The van der Waals surface area contributed by atoms with E-state index in [1.54, 1.807) is 0 Å². The summed E-state index contributed by atoms with van der Waals surface area (Å²) in [6.07, 6.45) is 0.0522. The highest BCUT2D eigenvalue weighted by molar-refractivity contribution is 4.60. The molecule has 0 aliphatic rings. The van der Waals surface area contributed by atoms with E-state index in [4.69, 9.17) is 14.6 Å². The Hall–Kier alpha value is -0.120. The van der Waals surface area contributed by atoms with Gasteiger partial charge in [0.15, 0.2) is 0 Å². The Morgan fingerprint density at radius 3 is 2.33 bits per heavy atom. The van der Waals surface area contributed by atoms with Crippen molar-refractivity contribution in [3.05, 3.63) is 0 Å². The van der Waals surface area contributed by atoms with Crippen LogP contribution in [0.2, 0.25) is 0 Å². The van der Waals surface area contributed by atoms with Crippen LogP contribution in [0.4, 0.5) is 0 Å². The second-order valence-corrected chi connectivity index (χ2v) is 3.83. The highest BCUT2D eigenvalue weighted by atomic mass is 16.5. The first-order valence-electron chi connectivity index (χ1n) is 4.32. The SMILES string of the molecule is CC(COC(C)(C)C)OCCO. The van der Waals surface area contributed by atoms with E-state index < -0.39 is 0 Å². The van der Waals surface area contributed by atoms with E-state index in [0.29, 0.717) is 13.2 Å². The molecule has 0 aromatic heterocycles. The second-order valence-electron chi connectivity index (χ2n) is 3.83. The summed E-state index contributed by atoms with van der Waals surface area (Å²) in [5, 5.41) is 8.48. The van der Waals surface area contributed by atoms with Gasteiger partial charge in [0.2, 0.25) is 0 Å². The third kappa shape index (κ3) is 7.98. The minimum atomic E-state index is -0.114. The van der Waals surface area contributed by atoms with E-state index >= 15 is 0 Å². The van der Waals surface area contributed by atoms with E-state index in [9.17, 15) is 0 Å². The molecular weight excluding hydrogens is 156 g/mol. The summed E-state index contributed by atoms with van der Waals surface area (Å²) < 4.78 is 10.7. The van der Waals surface area contributed by atoms with Gasteiger partial charge >= 0.3 is 0 Å². The zero-order chi connectivity index (χ0) is 9.61. The average molecular weight is 176 g/mol. The molecule has 1 unspecified atom stereocenters. The van der Waals surface area contributed by atoms with Gasteiger partial charge in [-0.1, -0.05) is 0 Å². The summed E-state index contributed by atoms with van der Waals surface area (Å²) >= 11 is 0. The Labute approximate surface area is 74.7 Å². The summed E-state index contributed by atoms with van der Waals surface area (Å²) in [5.74, 6) is 0. The van der Waals surface area contributed by atoms with Crippen molar-refractivity contribution in [2.24, 2.45) is 0 Å². The number of rotatable bonds is 5. The van der Waals surface area contributed by atoms with Gasteiger partial charge in [0.25, 0.3) is 0 Å². The molecule has 0 saturated heterocycles. The molecular formula is C9H20O3. The zero-order valence-corrected chi connectivity index (χ0v) is 8.46. The van der Waals surface area contributed by atoms with Crippen LogP contribution in [0.1, 0.15) is 27.7 Å². The molecule has 1 atom stereocenters. The molecule has 74 valence electrons. The zero-order valence-electron chi connectivity index (χ0n) is 8.46. The van der Waals surface area contributed by atoms with Crippen molar-refractivity contribution >= 4 is 0 Å². The van der Waals surface area contributed by atoms with Crippen molar-refractivity contribution in [3.8, 4) is 0 Å². The average Bonchev–Trinajstić information content (AvgIpc) is 1.95. The van der Waals surface area contributed by atoms with E-state index in [2.05, 4.69) is 0 Å². The molecule has 0 aliphatic carbocycles. The molecule has 0 amide bonds. The van der Waals surface area contributed by atoms with Gasteiger partial charge in [0, 0.05) is 0 Å². The highest BCUT2D eigenvalue weighted by Crippen LogP contribution is 2.07. The summed E-state index contributed by atoms with van der Waals surface area (Å²) in [6.45, 7) is 8.97. The van der Waals surface area contributed by atoms with Gasteiger partial charge in [-0.05, 0) is 27.7 Å². The van der Waals surface area contributed by atoms with Crippen molar-refractivity contribution in [2.45, 2.75) is 39.4 Å². The lowest BCUT2D eigenvalue weighted by Gasteiger charge is -2.22. The monoisotopic (exact) mass is 176 g/mol. The van der Waals surface area contributed by atoms with Crippen LogP contribution in [0.3, 0.4) is 0 Å². The normalized spacial score (nSPS) is 14.8. The highest BCUT2D eigenvalue weighted by Gasteiger charge is 2.12. The van der Waals surface area contributed by atoms with E-state index in [1.807, 2.05) is 27.7 Å². The molecule has 12 heavy (non-hydrogen) atoms. The maximum Gasteiger partial charge on any atom is 0.0781 e. The lowest BCUT2D eigenvalue weighted by Crippen LogP contribution is -2.26. The first-order valence-corrected chi connectivity index (χ1v) is 4.32. The van der Waals surface area contributed by atoms with Gasteiger partial charge in [0.05, 0.1) is 31.5 Å². The van der Waals surface area contributed by atoms with Crippen LogP contribution in [0.15, 0.2) is 0 Å². The van der Waals surface area contributed by atoms with Crippen molar-refractivity contribution in [3.63, 3.8) is 0 Å². The third-order valence-corrected chi connectivity index (χ3v) is 1.24. The van der Waals surface area contributed by atoms with Gasteiger partial charge in [-0.2, -0.15) is 0 Å². The Morgan fingerprint density at radius 2 is 1.92 bits per heavy atom. The Kier molecular flexibility index (Phi) is 5.46. The minimum absolute atomic E-state index is 0.0522. The van der Waals surface area contributed by atoms with Crippen LogP contribution in [-0.2, 0) is 9.47 Å². The van der Waals surface area contributed by atoms with Crippen LogP contribution in [0.25, 0.3) is 0 Å². The summed E-state index contributed by atoms with van der Waals surface area (Å²) in [5.41, 5.74) is -0.114. The molecule has 0 spiro atoms. The molecule has 3 nitrogen and oxygen atoms in total. The van der Waals surface area contributed by atoms with Gasteiger partial charge < -0.3 is 14.6 Å². The smallest absolute Gasteiger partial charge is 0.0781 e. The quantitative estimate of drug-likeness (QED) is 0.684. The molecule has 1 N–H and O–H groups in total. The van der Waals surface area contributed by atoms with Gasteiger partial charge in [-0.25, -0.2) is 0 Å². The largest absolute Gasteiger partial charge is 0.394 e. The molecule has 0 aliphatic heterocycles. The summed E-state index contributed by atoms with van der Waals surface area (Å²) in [4.78, 5) is 0. The summed E-state index contributed by atoms with van der Waals surface area (Å²) in [6, 6.07) is 0. The molecule has 0 aromatic rings. The van der Waals surface area contributed by atoms with E-state index in [0.717, 1.165) is 0 Å². The Balaban J connectivity index is 3.37. The van der Waals surface area contributed by atoms with Crippen LogP contribution in [0.5, 0.6) is 0 Å². The summed E-state index contributed by atoms with van der Waals surface area (Å²) in [7, 11) is 0. The minimum Gasteiger partial charge on any atom is -0.394 e. The predicted molar refractivity (Wildman–Crippen MR) is 48.2 cm³/mol. The fourth-order valence-electron chi connectivity index (χ4n) is 0.669. The maximum absolute atomic E-state index is 8.48. The van der Waals surface area contributed by atoms with Crippen molar-refractivity contribution < 1.29 is 14.6 Å². The van der Waals surface area contributed by atoms with Crippen molar-refractivity contribution in [1.82, 2.24) is 0 Å². The fraction of sp³-hybridized carbons (Fsp3) is 1.00. The number of hydrogen-bond acceptors (Lipinski definition) is 3. The number of hydrogen-bond donors (Lipinski definition) is 1. The maximum atomic E-state index is 8.48. The van der Waals surface area contributed by atoms with Crippen LogP contribution in [-0.4, -0.2) is 36.6 Å². The predicted octanol–water partition coefficient (Wildman–Crippen LogP) is 1.20. The Bertz CT molecular complexity index is 107. The molecule has 0 heterocycles. The van der Waals surface area contributed by atoms with Gasteiger partial charge in [-0.3, -0.25) is 0 Å². The molecule has 0 radical (unpaired) electrons. The van der Waals surface area contributed by atoms with Gasteiger partial charge in [-0.15, -0.1) is 0 Å². The number of aliphatic hydroxyl groups excluding tert-OH is 1. The molecule has 0 bridgehead atoms. The molecule has 0 saturated carbocycles. The topological polar surface area (TPSA) is 38.7 Å². The molecule has 0 aromatic carbocycles. The van der Waals surface area contributed by atoms with Gasteiger partial charge in [0.1, 0.15) is 0 Å². The number of aliphatic hydroxyl groups is 1. The first-order chi connectivity index (χ1) is 5.45. The Morgan fingerprint density at radius 1 is 1.33 bits per heavy atom. The fourth-order valence-corrected chi connectivity index (χ4v) is 0.669. The molecule has 0 rings (SSSR count). The third-order valence-electron chi connectivity index (χ3n) is 1.24. The standard InChI is InChI=1S/C9H20O3/c1-8(11-6-5-10)7-12-9(2,3)4/h8,10H,5-7H2,1-4H3. The van der Waals surface area contributed by atoms with Crippen molar-refractivity contribution in [2.75, 3.05) is 19.8 Å². The second kappa shape index (κ2) is 5.51.